The summed E-state index contributed by atoms with van der Waals surface area (Å²) in [5.74, 6) is -0.000377. The molecule has 5 heteroatoms. The van der Waals surface area contributed by atoms with Gasteiger partial charge in [0, 0.05) is 24.3 Å². The smallest absolute Gasteiger partial charge is 0.242 e. The van der Waals surface area contributed by atoms with Crippen molar-refractivity contribution < 1.29 is 4.79 Å². The molecule has 0 saturated carbocycles. The van der Waals surface area contributed by atoms with E-state index in [1.807, 2.05) is 57.0 Å². The molecule has 1 rings (SSSR count). The van der Waals surface area contributed by atoms with Gasteiger partial charge in [-0.3, -0.25) is 4.79 Å². The van der Waals surface area contributed by atoms with Crippen LogP contribution in [0.5, 0.6) is 0 Å². The zero-order chi connectivity index (χ0) is 15.3. The molecule has 2 unspecified atom stereocenters. The number of nitrogens with two attached hydrogens (primary N) is 1. The molecule has 0 spiro atoms. The predicted octanol–water partition coefficient (Wildman–Crippen LogP) is 2.06. The fourth-order valence-electron chi connectivity index (χ4n) is 1.84. The van der Waals surface area contributed by atoms with Crippen LogP contribution in [0.25, 0.3) is 0 Å². The van der Waals surface area contributed by atoms with Crippen LogP contribution >= 0.6 is 12.2 Å². The van der Waals surface area contributed by atoms with Crippen molar-refractivity contribution in [3.63, 3.8) is 0 Å². The first-order valence-corrected chi connectivity index (χ1v) is 7.21. The topological polar surface area (TPSA) is 58.4 Å². The lowest BCUT2D eigenvalue weighted by atomic mass is 10.1. The fourth-order valence-corrected chi connectivity index (χ4v) is 2.01. The number of nitrogens with zero attached hydrogens (tertiary/aromatic N) is 1. The molecule has 20 heavy (non-hydrogen) atoms. The lowest BCUT2D eigenvalue weighted by Crippen LogP contribution is -2.46. The van der Waals surface area contributed by atoms with Crippen LogP contribution < -0.4 is 16.0 Å². The van der Waals surface area contributed by atoms with E-state index in [-0.39, 0.29) is 18.0 Å². The number of amides is 1. The first-order chi connectivity index (χ1) is 9.38. The Morgan fingerprint density at radius 1 is 1.40 bits per heavy atom. The minimum atomic E-state index is -0.292. The number of carbonyl (C=O) groups is 1. The lowest BCUT2D eigenvalue weighted by molar-refractivity contribution is -0.122. The summed E-state index contributed by atoms with van der Waals surface area (Å²) in [6, 6.07) is 7.46. The molecule has 0 radical (unpaired) electrons. The highest BCUT2D eigenvalue weighted by atomic mass is 32.1. The molecule has 0 bridgehead atoms. The highest BCUT2D eigenvalue weighted by Crippen LogP contribution is 2.21. The molecule has 2 atom stereocenters. The molecule has 1 aromatic rings. The Bertz CT molecular complexity index is 490. The van der Waals surface area contributed by atoms with Gasteiger partial charge in [0.15, 0.2) is 0 Å². The molecule has 0 heterocycles. The average molecular weight is 293 g/mol. The van der Waals surface area contributed by atoms with Crippen molar-refractivity contribution in [2.75, 3.05) is 11.9 Å². The van der Waals surface area contributed by atoms with Crippen LogP contribution in [0.4, 0.5) is 5.69 Å². The van der Waals surface area contributed by atoms with E-state index >= 15 is 0 Å². The number of hydrogen-bond acceptors (Lipinski definition) is 3. The number of likely N-dealkylation sites (N-methyl/N-ethyl adjacent to an activating group) is 1. The Labute approximate surface area is 126 Å². The highest BCUT2D eigenvalue weighted by Gasteiger charge is 2.21. The normalized spacial score (nSPS) is 13.4. The number of rotatable bonds is 6. The number of benzene rings is 1. The third kappa shape index (κ3) is 3.93. The van der Waals surface area contributed by atoms with E-state index in [0.717, 1.165) is 17.7 Å². The quantitative estimate of drug-likeness (QED) is 0.788. The second-order valence-electron chi connectivity index (χ2n) is 4.99. The maximum Gasteiger partial charge on any atom is 0.242 e. The number of thiocarbonyl (C=S) groups is 1. The molecular formula is C15H23N3OS. The summed E-state index contributed by atoms with van der Waals surface area (Å²) in [6.07, 6.45) is 0.908. The van der Waals surface area contributed by atoms with Gasteiger partial charge in [-0.25, -0.2) is 0 Å². The van der Waals surface area contributed by atoms with E-state index in [1.54, 1.807) is 0 Å². The number of para-hydroxylation sites is 1. The van der Waals surface area contributed by atoms with Crippen molar-refractivity contribution in [2.45, 2.75) is 39.3 Å². The van der Waals surface area contributed by atoms with Crippen molar-refractivity contribution in [3.8, 4) is 0 Å². The minimum absolute atomic E-state index is 0.000377. The number of anilines is 1. The van der Waals surface area contributed by atoms with Gasteiger partial charge in [-0.2, -0.15) is 0 Å². The van der Waals surface area contributed by atoms with Gasteiger partial charge < -0.3 is 16.0 Å². The molecule has 0 aromatic heterocycles. The molecular weight excluding hydrogens is 270 g/mol. The van der Waals surface area contributed by atoms with Gasteiger partial charge in [-0.15, -0.1) is 0 Å². The summed E-state index contributed by atoms with van der Waals surface area (Å²) in [6.45, 7) is 5.91. The molecule has 3 N–H and O–H groups in total. The van der Waals surface area contributed by atoms with Crippen molar-refractivity contribution in [3.05, 3.63) is 29.8 Å². The predicted molar refractivity (Wildman–Crippen MR) is 88.1 cm³/mol. The van der Waals surface area contributed by atoms with E-state index in [0.29, 0.717) is 4.99 Å². The molecule has 1 amide bonds. The third-order valence-corrected chi connectivity index (χ3v) is 3.73. The summed E-state index contributed by atoms with van der Waals surface area (Å²) < 4.78 is 0. The van der Waals surface area contributed by atoms with Crippen LogP contribution in [-0.2, 0) is 4.79 Å². The number of nitrogens with one attached hydrogen (secondary N) is 1. The van der Waals surface area contributed by atoms with Gasteiger partial charge in [0.05, 0.1) is 0 Å². The number of hydrogen-bond donors (Lipinski definition) is 2. The van der Waals surface area contributed by atoms with Gasteiger partial charge in [0.25, 0.3) is 0 Å². The third-order valence-electron chi connectivity index (χ3n) is 3.51. The first-order valence-electron chi connectivity index (χ1n) is 6.80. The van der Waals surface area contributed by atoms with E-state index in [9.17, 15) is 4.79 Å². The first kappa shape index (κ1) is 16.4. The fraction of sp³-hybridized carbons (Fsp3) is 0.467. The van der Waals surface area contributed by atoms with Crippen LogP contribution in [0.1, 0.15) is 32.8 Å². The van der Waals surface area contributed by atoms with Gasteiger partial charge in [-0.05, 0) is 32.4 Å². The molecule has 0 aliphatic carbocycles. The highest BCUT2D eigenvalue weighted by molar-refractivity contribution is 7.80. The van der Waals surface area contributed by atoms with E-state index < -0.39 is 0 Å². The van der Waals surface area contributed by atoms with Gasteiger partial charge in [0.1, 0.15) is 11.0 Å². The maximum absolute atomic E-state index is 12.2. The van der Waals surface area contributed by atoms with Crippen molar-refractivity contribution in [1.29, 1.82) is 0 Å². The molecule has 0 saturated heterocycles. The van der Waals surface area contributed by atoms with Crippen LogP contribution in [0, 0.1) is 0 Å². The van der Waals surface area contributed by atoms with Crippen molar-refractivity contribution in [1.82, 2.24) is 5.32 Å². The summed E-state index contributed by atoms with van der Waals surface area (Å²) >= 11 is 5.06. The Kier molecular flexibility index (Phi) is 5.95. The molecule has 110 valence electrons. The Morgan fingerprint density at radius 3 is 2.55 bits per heavy atom. The SMILES string of the molecule is CCC(C)NC(=O)C(C)N(C)c1ccccc1C(N)=S. The maximum atomic E-state index is 12.2. The minimum Gasteiger partial charge on any atom is -0.389 e. The number of carbonyl (C=O) groups excluding carboxylic acids is 1. The molecule has 4 nitrogen and oxygen atoms in total. The van der Waals surface area contributed by atoms with Crippen LogP contribution in [0.15, 0.2) is 24.3 Å². The zero-order valence-electron chi connectivity index (χ0n) is 12.5. The van der Waals surface area contributed by atoms with Gasteiger partial charge in [0.2, 0.25) is 5.91 Å². The van der Waals surface area contributed by atoms with E-state index in [1.165, 1.54) is 0 Å². The summed E-state index contributed by atoms with van der Waals surface area (Å²) in [4.78, 5) is 14.4. The van der Waals surface area contributed by atoms with Crippen molar-refractivity contribution >= 4 is 28.8 Å². The largest absolute Gasteiger partial charge is 0.389 e. The molecule has 0 aliphatic rings. The monoisotopic (exact) mass is 293 g/mol. The molecule has 0 aliphatic heterocycles. The summed E-state index contributed by atoms with van der Waals surface area (Å²) in [7, 11) is 1.87. The van der Waals surface area contributed by atoms with Crippen LogP contribution in [-0.4, -0.2) is 30.0 Å². The van der Waals surface area contributed by atoms with E-state index in [2.05, 4.69) is 5.32 Å². The average Bonchev–Trinajstić information content (AvgIpc) is 2.45. The lowest BCUT2D eigenvalue weighted by Gasteiger charge is -2.28. The Balaban J connectivity index is 2.92. The summed E-state index contributed by atoms with van der Waals surface area (Å²) in [5, 5.41) is 2.98. The van der Waals surface area contributed by atoms with Gasteiger partial charge >= 0.3 is 0 Å². The standard InChI is InChI=1S/C15H23N3OS/c1-5-10(2)17-15(19)11(3)18(4)13-9-7-6-8-12(13)14(16)20/h6-11H,5H2,1-4H3,(H2,16,20)(H,17,19). The van der Waals surface area contributed by atoms with Gasteiger partial charge in [-0.1, -0.05) is 31.3 Å². The second-order valence-corrected chi connectivity index (χ2v) is 5.43. The molecule has 1 aromatic carbocycles. The Morgan fingerprint density at radius 2 is 2.00 bits per heavy atom. The molecule has 0 fully saturated rings. The Hall–Kier alpha value is -1.62. The van der Waals surface area contributed by atoms with E-state index in [4.69, 9.17) is 18.0 Å². The second kappa shape index (κ2) is 7.24. The zero-order valence-corrected chi connectivity index (χ0v) is 13.3. The van der Waals surface area contributed by atoms with Crippen LogP contribution in [0.3, 0.4) is 0 Å². The van der Waals surface area contributed by atoms with Crippen molar-refractivity contribution in [2.24, 2.45) is 5.73 Å². The van der Waals surface area contributed by atoms with Crippen LogP contribution in [0.2, 0.25) is 0 Å². The summed E-state index contributed by atoms with van der Waals surface area (Å²) in [5.41, 5.74) is 7.39.